The summed E-state index contributed by atoms with van der Waals surface area (Å²) < 4.78 is 5.30. The summed E-state index contributed by atoms with van der Waals surface area (Å²) in [6.45, 7) is 0.0612. The van der Waals surface area contributed by atoms with Crippen LogP contribution in [0.15, 0.2) is 28.7 Å². The van der Waals surface area contributed by atoms with E-state index in [9.17, 15) is 4.79 Å². The number of anilines is 1. The van der Waals surface area contributed by atoms with Gasteiger partial charge in [0.2, 0.25) is 5.89 Å². The lowest BCUT2D eigenvalue weighted by molar-refractivity contribution is 0.0690. The van der Waals surface area contributed by atoms with Crippen LogP contribution in [0.4, 0.5) is 5.69 Å². The fourth-order valence-electron chi connectivity index (χ4n) is 1.79. The second kappa shape index (κ2) is 6.23. The summed E-state index contributed by atoms with van der Waals surface area (Å²) in [6, 6.07) is 7.83. The van der Waals surface area contributed by atoms with E-state index in [1.807, 2.05) is 43.3 Å². The molecule has 21 heavy (non-hydrogen) atoms. The van der Waals surface area contributed by atoms with Crippen LogP contribution >= 0.6 is 0 Å². The van der Waals surface area contributed by atoms with E-state index in [-0.39, 0.29) is 23.9 Å². The van der Waals surface area contributed by atoms with E-state index in [0.29, 0.717) is 0 Å². The highest BCUT2D eigenvalue weighted by atomic mass is 16.4. The second-order valence-corrected chi connectivity index (χ2v) is 4.65. The normalized spacial score (nSPS) is 11.0. The average molecular weight is 287 g/mol. The Kier molecular flexibility index (Phi) is 4.39. The van der Waals surface area contributed by atoms with Gasteiger partial charge in [0.1, 0.15) is 0 Å². The van der Waals surface area contributed by atoms with Gasteiger partial charge in [-0.25, -0.2) is 9.78 Å². The quantitative estimate of drug-likeness (QED) is 0.874. The van der Waals surface area contributed by atoms with Crippen molar-refractivity contribution in [1.29, 1.82) is 0 Å². The third kappa shape index (κ3) is 3.49. The zero-order chi connectivity index (χ0) is 15.4. The maximum Gasteiger partial charge on any atom is 0.358 e. The molecule has 1 aromatic carbocycles. The number of nitrogens with two attached hydrogens (primary N) is 1. The maximum atomic E-state index is 11.1. The van der Waals surface area contributed by atoms with Crippen LogP contribution in [0.5, 0.6) is 0 Å². The van der Waals surface area contributed by atoms with Crippen LogP contribution < -0.4 is 10.6 Å². The van der Waals surface area contributed by atoms with E-state index in [1.165, 1.54) is 0 Å². The molecule has 110 valence electrons. The number of carboxylic acids is 1. The van der Waals surface area contributed by atoms with Crippen molar-refractivity contribution >= 4 is 23.8 Å². The molecule has 0 aliphatic heterocycles. The van der Waals surface area contributed by atoms with Gasteiger partial charge in [0.15, 0.2) is 11.5 Å². The first-order valence-corrected chi connectivity index (χ1v) is 6.40. The molecule has 0 unspecified atom stereocenters. The summed E-state index contributed by atoms with van der Waals surface area (Å²) in [5.74, 6) is -0.740. The summed E-state index contributed by atoms with van der Waals surface area (Å²) in [5.41, 5.74) is 7.30. The fourth-order valence-corrected chi connectivity index (χ4v) is 1.79. The third-order valence-corrected chi connectivity index (χ3v) is 2.91. The standard InChI is InChI=1S/C15H17N3O3/c1-18(2)11-6-3-10(4-7-11)5-8-12-14(15(19)20)17-13(9-16)21-12/h3-8H,9,16H2,1-2H3,(H,19,20)/b8-5+. The molecule has 0 fully saturated rings. The molecule has 1 heterocycles. The average Bonchev–Trinajstić information content (AvgIpc) is 2.89. The van der Waals surface area contributed by atoms with Crippen molar-refractivity contribution in [2.75, 3.05) is 19.0 Å². The van der Waals surface area contributed by atoms with E-state index in [1.54, 1.807) is 12.2 Å². The van der Waals surface area contributed by atoms with Gasteiger partial charge in [-0.15, -0.1) is 0 Å². The SMILES string of the molecule is CN(C)c1ccc(/C=C/c2oc(CN)nc2C(=O)O)cc1. The van der Waals surface area contributed by atoms with E-state index in [2.05, 4.69) is 4.98 Å². The lowest BCUT2D eigenvalue weighted by Gasteiger charge is -2.11. The Labute approximate surface area is 122 Å². The highest BCUT2D eigenvalue weighted by molar-refractivity contribution is 5.90. The molecule has 6 heteroatoms. The topological polar surface area (TPSA) is 92.6 Å². The van der Waals surface area contributed by atoms with Crippen molar-refractivity contribution in [2.45, 2.75) is 6.54 Å². The Morgan fingerprint density at radius 3 is 2.52 bits per heavy atom. The second-order valence-electron chi connectivity index (χ2n) is 4.65. The number of aromatic carboxylic acids is 1. The van der Waals surface area contributed by atoms with Gasteiger partial charge in [-0.1, -0.05) is 18.2 Å². The number of rotatable bonds is 5. The van der Waals surface area contributed by atoms with Gasteiger partial charge in [0.25, 0.3) is 0 Å². The van der Waals surface area contributed by atoms with Crippen LogP contribution in [0.3, 0.4) is 0 Å². The Bertz CT molecular complexity index is 657. The molecular formula is C15H17N3O3. The molecule has 0 saturated carbocycles. The first kappa shape index (κ1) is 14.8. The predicted molar refractivity (Wildman–Crippen MR) is 81.1 cm³/mol. The molecule has 2 rings (SSSR count). The van der Waals surface area contributed by atoms with Crippen LogP contribution in [-0.4, -0.2) is 30.2 Å². The zero-order valence-electron chi connectivity index (χ0n) is 11.9. The summed E-state index contributed by atoms with van der Waals surface area (Å²) in [6.07, 6.45) is 3.35. The third-order valence-electron chi connectivity index (χ3n) is 2.91. The van der Waals surface area contributed by atoms with Gasteiger partial charge < -0.3 is 20.2 Å². The molecule has 0 amide bonds. The minimum Gasteiger partial charge on any atom is -0.476 e. The summed E-state index contributed by atoms with van der Waals surface area (Å²) in [7, 11) is 3.93. The fraction of sp³-hybridized carbons (Fsp3) is 0.200. The number of aromatic nitrogens is 1. The Morgan fingerprint density at radius 2 is 2.00 bits per heavy atom. The van der Waals surface area contributed by atoms with Crippen LogP contribution in [0, 0.1) is 0 Å². The molecule has 0 bridgehead atoms. The number of hydrogen-bond acceptors (Lipinski definition) is 5. The van der Waals surface area contributed by atoms with Gasteiger partial charge in [-0.3, -0.25) is 0 Å². The largest absolute Gasteiger partial charge is 0.476 e. The number of carboxylic acid groups (broad SMARTS) is 1. The Morgan fingerprint density at radius 1 is 1.33 bits per heavy atom. The van der Waals surface area contributed by atoms with E-state index >= 15 is 0 Å². The molecule has 0 saturated heterocycles. The molecule has 3 N–H and O–H groups in total. The molecule has 0 aliphatic carbocycles. The van der Waals surface area contributed by atoms with Gasteiger partial charge in [-0.2, -0.15) is 0 Å². The first-order valence-electron chi connectivity index (χ1n) is 6.40. The first-order chi connectivity index (χ1) is 10.0. The Balaban J connectivity index is 2.24. The van der Waals surface area contributed by atoms with Crippen LogP contribution in [-0.2, 0) is 6.54 Å². The maximum absolute atomic E-state index is 11.1. The number of benzene rings is 1. The predicted octanol–water partition coefficient (Wildman–Crippen LogP) is 2.07. The molecule has 0 atom stereocenters. The summed E-state index contributed by atoms with van der Waals surface area (Å²) >= 11 is 0. The Hall–Kier alpha value is -2.60. The van der Waals surface area contributed by atoms with Gasteiger partial charge in [0.05, 0.1) is 6.54 Å². The molecule has 0 aliphatic rings. The number of nitrogens with zero attached hydrogens (tertiary/aromatic N) is 2. The van der Waals surface area contributed by atoms with Crippen molar-refractivity contribution in [3.63, 3.8) is 0 Å². The van der Waals surface area contributed by atoms with Crippen LogP contribution in [0.2, 0.25) is 0 Å². The molecule has 2 aromatic rings. The highest BCUT2D eigenvalue weighted by Crippen LogP contribution is 2.17. The van der Waals surface area contributed by atoms with Crippen molar-refractivity contribution in [1.82, 2.24) is 4.98 Å². The van der Waals surface area contributed by atoms with Gasteiger partial charge in [-0.05, 0) is 23.8 Å². The molecule has 6 nitrogen and oxygen atoms in total. The summed E-state index contributed by atoms with van der Waals surface area (Å²) in [4.78, 5) is 16.9. The lowest BCUT2D eigenvalue weighted by atomic mass is 10.1. The van der Waals surface area contributed by atoms with Crippen LogP contribution in [0.1, 0.15) is 27.7 Å². The minimum absolute atomic E-state index is 0.0612. The lowest BCUT2D eigenvalue weighted by Crippen LogP contribution is -2.07. The van der Waals surface area contributed by atoms with Crippen molar-refractivity contribution in [3.05, 3.63) is 47.2 Å². The van der Waals surface area contributed by atoms with E-state index < -0.39 is 5.97 Å². The van der Waals surface area contributed by atoms with Crippen LogP contribution in [0.25, 0.3) is 12.2 Å². The van der Waals surface area contributed by atoms with Gasteiger partial charge in [0, 0.05) is 19.8 Å². The number of carbonyl (C=O) groups is 1. The zero-order valence-corrected chi connectivity index (χ0v) is 11.9. The van der Waals surface area contributed by atoms with Crippen molar-refractivity contribution in [3.8, 4) is 0 Å². The number of oxazole rings is 1. The molecule has 0 spiro atoms. The monoisotopic (exact) mass is 287 g/mol. The van der Waals surface area contributed by atoms with Gasteiger partial charge >= 0.3 is 5.97 Å². The van der Waals surface area contributed by atoms with Crippen molar-refractivity contribution in [2.24, 2.45) is 5.73 Å². The van der Waals surface area contributed by atoms with E-state index in [0.717, 1.165) is 11.3 Å². The number of hydrogen-bond donors (Lipinski definition) is 2. The molecule has 0 radical (unpaired) electrons. The summed E-state index contributed by atoms with van der Waals surface area (Å²) in [5, 5.41) is 9.07. The smallest absolute Gasteiger partial charge is 0.358 e. The molecular weight excluding hydrogens is 270 g/mol. The van der Waals surface area contributed by atoms with Crippen molar-refractivity contribution < 1.29 is 14.3 Å². The van der Waals surface area contributed by atoms with E-state index in [4.69, 9.17) is 15.3 Å². The minimum atomic E-state index is -1.14. The molecule has 1 aromatic heterocycles. The highest BCUT2D eigenvalue weighted by Gasteiger charge is 2.16.